The zero-order chi connectivity index (χ0) is 10.9. The van der Waals surface area contributed by atoms with E-state index in [9.17, 15) is 0 Å². The molecule has 0 radical (unpaired) electrons. The van der Waals surface area contributed by atoms with Crippen LogP contribution in [0.4, 0.5) is 0 Å². The van der Waals surface area contributed by atoms with E-state index in [1.165, 1.54) is 0 Å². The second-order valence-electron chi connectivity index (χ2n) is 3.03. The molecule has 86 valence electrons. The SMILES string of the molecule is CSCc1nnc(SCCCCCO)o1. The highest BCUT2D eigenvalue weighted by Gasteiger charge is 2.05. The van der Waals surface area contributed by atoms with E-state index in [1.54, 1.807) is 23.5 Å². The Kier molecular flexibility index (Phi) is 6.87. The fourth-order valence-corrected chi connectivity index (χ4v) is 2.17. The first kappa shape index (κ1) is 12.9. The van der Waals surface area contributed by atoms with Gasteiger partial charge in [-0.05, 0) is 19.1 Å². The van der Waals surface area contributed by atoms with Crippen molar-refractivity contribution in [2.24, 2.45) is 0 Å². The number of nitrogens with zero attached hydrogens (tertiary/aromatic N) is 2. The number of aromatic nitrogens is 2. The molecule has 0 bridgehead atoms. The summed E-state index contributed by atoms with van der Waals surface area (Å²) in [6, 6.07) is 0. The average molecular weight is 248 g/mol. The van der Waals surface area contributed by atoms with Crippen LogP contribution in [0.25, 0.3) is 0 Å². The zero-order valence-corrected chi connectivity index (χ0v) is 10.4. The number of aliphatic hydroxyl groups is 1. The van der Waals surface area contributed by atoms with Crippen LogP contribution in [-0.4, -0.2) is 33.9 Å². The van der Waals surface area contributed by atoms with Crippen molar-refractivity contribution in [2.75, 3.05) is 18.6 Å². The number of hydrogen-bond acceptors (Lipinski definition) is 6. The van der Waals surface area contributed by atoms with E-state index in [2.05, 4.69) is 10.2 Å². The first-order valence-electron chi connectivity index (χ1n) is 4.91. The first-order valence-corrected chi connectivity index (χ1v) is 7.29. The summed E-state index contributed by atoms with van der Waals surface area (Å²) >= 11 is 3.26. The fourth-order valence-electron chi connectivity index (χ4n) is 1.03. The molecule has 0 saturated heterocycles. The van der Waals surface area contributed by atoms with E-state index >= 15 is 0 Å². The Morgan fingerprint density at radius 2 is 2.13 bits per heavy atom. The Morgan fingerprint density at radius 3 is 2.87 bits per heavy atom. The third-order valence-electron chi connectivity index (χ3n) is 1.74. The van der Waals surface area contributed by atoms with E-state index < -0.39 is 0 Å². The van der Waals surface area contributed by atoms with Gasteiger partial charge in [0.2, 0.25) is 5.89 Å². The molecular weight excluding hydrogens is 232 g/mol. The van der Waals surface area contributed by atoms with E-state index in [0.717, 1.165) is 30.8 Å². The van der Waals surface area contributed by atoms with Gasteiger partial charge in [0.15, 0.2) is 0 Å². The van der Waals surface area contributed by atoms with E-state index in [4.69, 9.17) is 9.52 Å². The average Bonchev–Trinajstić information content (AvgIpc) is 2.66. The van der Waals surface area contributed by atoms with Crippen molar-refractivity contribution in [3.05, 3.63) is 5.89 Å². The molecule has 0 fully saturated rings. The maximum atomic E-state index is 8.60. The minimum atomic E-state index is 0.281. The molecule has 15 heavy (non-hydrogen) atoms. The lowest BCUT2D eigenvalue weighted by Crippen LogP contribution is -1.85. The minimum Gasteiger partial charge on any atom is -0.415 e. The third-order valence-corrected chi connectivity index (χ3v) is 3.18. The third kappa shape index (κ3) is 5.44. The maximum Gasteiger partial charge on any atom is 0.276 e. The molecule has 0 saturated carbocycles. The largest absolute Gasteiger partial charge is 0.415 e. The van der Waals surface area contributed by atoms with Gasteiger partial charge in [0.25, 0.3) is 5.22 Å². The van der Waals surface area contributed by atoms with Gasteiger partial charge in [0, 0.05) is 12.4 Å². The van der Waals surface area contributed by atoms with Gasteiger partial charge in [-0.2, -0.15) is 11.8 Å². The molecule has 0 aliphatic heterocycles. The van der Waals surface area contributed by atoms with E-state index in [-0.39, 0.29) is 6.61 Å². The highest BCUT2D eigenvalue weighted by atomic mass is 32.2. The summed E-state index contributed by atoms with van der Waals surface area (Å²) in [6.07, 6.45) is 5.01. The summed E-state index contributed by atoms with van der Waals surface area (Å²) in [4.78, 5) is 0. The number of rotatable bonds is 8. The van der Waals surface area contributed by atoms with Crippen LogP contribution in [0.1, 0.15) is 25.2 Å². The van der Waals surface area contributed by atoms with Crippen LogP contribution in [0.3, 0.4) is 0 Å². The molecule has 0 atom stereocenters. The standard InChI is InChI=1S/C9H16N2O2S2/c1-14-7-8-10-11-9(13-8)15-6-4-2-3-5-12/h12H,2-7H2,1H3. The van der Waals surface area contributed by atoms with Gasteiger partial charge in [0.1, 0.15) is 0 Å². The Morgan fingerprint density at radius 1 is 1.27 bits per heavy atom. The van der Waals surface area contributed by atoms with Gasteiger partial charge in [-0.3, -0.25) is 0 Å². The monoisotopic (exact) mass is 248 g/mol. The Labute approximate surface area is 98.2 Å². The van der Waals surface area contributed by atoms with Crippen molar-refractivity contribution in [1.82, 2.24) is 10.2 Å². The second-order valence-corrected chi connectivity index (χ2v) is 4.94. The molecule has 1 heterocycles. The quantitative estimate of drug-likeness (QED) is 0.562. The summed E-state index contributed by atoms with van der Waals surface area (Å²) in [6.45, 7) is 0.281. The molecule has 1 aromatic rings. The predicted molar refractivity (Wildman–Crippen MR) is 63.2 cm³/mol. The van der Waals surface area contributed by atoms with Gasteiger partial charge in [-0.15, -0.1) is 10.2 Å². The molecule has 0 aliphatic carbocycles. The van der Waals surface area contributed by atoms with Gasteiger partial charge in [-0.1, -0.05) is 18.2 Å². The van der Waals surface area contributed by atoms with Crippen LogP contribution in [-0.2, 0) is 5.75 Å². The lowest BCUT2D eigenvalue weighted by Gasteiger charge is -1.95. The molecule has 0 unspecified atom stereocenters. The van der Waals surface area contributed by atoms with E-state index in [0.29, 0.717) is 11.1 Å². The molecule has 1 rings (SSSR count). The molecule has 0 aliphatic rings. The van der Waals surface area contributed by atoms with Gasteiger partial charge in [0.05, 0.1) is 5.75 Å². The van der Waals surface area contributed by atoms with Crippen LogP contribution in [0.15, 0.2) is 9.64 Å². The molecule has 1 aromatic heterocycles. The normalized spacial score (nSPS) is 10.8. The number of unbranched alkanes of at least 4 members (excludes halogenated alkanes) is 2. The topological polar surface area (TPSA) is 59.2 Å². The lowest BCUT2D eigenvalue weighted by molar-refractivity contribution is 0.284. The summed E-state index contributed by atoms with van der Waals surface area (Å²) in [7, 11) is 0. The molecule has 1 N–H and O–H groups in total. The van der Waals surface area contributed by atoms with Gasteiger partial charge < -0.3 is 9.52 Å². The molecular formula is C9H16N2O2S2. The first-order chi connectivity index (χ1) is 7.36. The number of thioether (sulfide) groups is 2. The smallest absolute Gasteiger partial charge is 0.276 e. The Hall–Kier alpha value is -0.200. The van der Waals surface area contributed by atoms with Crippen LogP contribution in [0.2, 0.25) is 0 Å². The minimum absolute atomic E-state index is 0.281. The van der Waals surface area contributed by atoms with Crippen molar-refractivity contribution in [2.45, 2.75) is 30.2 Å². The molecule has 4 nitrogen and oxygen atoms in total. The highest BCUT2D eigenvalue weighted by molar-refractivity contribution is 7.99. The van der Waals surface area contributed by atoms with Crippen molar-refractivity contribution in [3.8, 4) is 0 Å². The van der Waals surface area contributed by atoms with Crippen LogP contribution in [0.5, 0.6) is 0 Å². The van der Waals surface area contributed by atoms with Gasteiger partial charge >= 0.3 is 0 Å². The second kappa shape index (κ2) is 8.01. The van der Waals surface area contributed by atoms with E-state index in [1.807, 2.05) is 6.26 Å². The summed E-state index contributed by atoms with van der Waals surface area (Å²) in [5.74, 6) is 2.44. The Balaban J connectivity index is 2.14. The Bertz CT molecular complexity index is 268. The van der Waals surface area contributed by atoms with Crippen LogP contribution in [0, 0.1) is 0 Å². The van der Waals surface area contributed by atoms with Gasteiger partial charge in [-0.25, -0.2) is 0 Å². The molecule has 0 amide bonds. The number of aliphatic hydroxyl groups excluding tert-OH is 1. The number of hydrogen-bond donors (Lipinski definition) is 1. The lowest BCUT2D eigenvalue weighted by atomic mass is 10.3. The highest BCUT2D eigenvalue weighted by Crippen LogP contribution is 2.19. The van der Waals surface area contributed by atoms with Crippen molar-refractivity contribution >= 4 is 23.5 Å². The van der Waals surface area contributed by atoms with Crippen molar-refractivity contribution in [1.29, 1.82) is 0 Å². The summed E-state index contributed by atoms with van der Waals surface area (Å²) in [5.41, 5.74) is 0. The molecule has 0 spiro atoms. The van der Waals surface area contributed by atoms with Crippen LogP contribution < -0.4 is 0 Å². The van der Waals surface area contributed by atoms with Crippen molar-refractivity contribution in [3.63, 3.8) is 0 Å². The molecule has 6 heteroatoms. The van der Waals surface area contributed by atoms with Crippen molar-refractivity contribution < 1.29 is 9.52 Å². The predicted octanol–water partition coefficient (Wildman–Crippen LogP) is 2.19. The van der Waals surface area contributed by atoms with Crippen LogP contribution >= 0.6 is 23.5 Å². The fraction of sp³-hybridized carbons (Fsp3) is 0.778. The maximum absolute atomic E-state index is 8.60. The molecule has 0 aromatic carbocycles. The zero-order valence-electron chi connectivity index (χ0n) is 8.81. The summed E-state index contributed by atoms with van der Waals surface area (Å²) < 4.78 is 5.40. The summed E-state index contributed by atoms with van der Waals surface area (Å²) in [5, 5.41) is 17.1.